The number of hydrogen-bond donors (Lipinski definition) is 2. The number of carbonyl (C=O) groups is 1. The first-order valence-electron chi connectivity index (χ1n) is 7.69. The summed E-state index contributed by atoms with van der Waals surface area (Å²) in [6, 6.07) is 6.16. The SMILES string of the molecule is CCN(CC)CCNC(C)(C(N)=O)c1cc(C)cc(C)c1. The van der Waals surface area contributed by atoms with Gasteiger partial charge in [0, 0.05) is 13.1 Å². The molecule has 0 aliphatic carbocycles. The van der Waals surface area contributed by atoms with E-state index in [1.165, 1.54) is 0 Å². The summed E-state index contributed by atoms with van der Waals surface area (Å²) in [4.78, 5) is 14.3. The van der Waals surface area contributed by atoms with Crippen LogP contribution in [0.15, 0.2) is 18.2 Å². The molecule has 1 atom stereocenters. The van der Waals surface area contributed by atoms with Crippen molar-refractivity contribution in [2.75, 3.05) is 26.2 Å². The van der Waals surface area contributed by atoms with Crippen LogP contribution in [0.25, 0.3) is 0 Å². The molecule has 0 fully saturated rings. The van der Waals surface area contributed by atoms with E-state index in [-0.39, 0.29) is 5.91 Å². The van der Waals surface area contributed by atoms with Gasteiger partial charge in [0.15, 0.2) is 0 Å². The lowest BCUT2D eigenvalue weighted by Gasteiger charge is -2.30. The molecule has 0 aromatic heterocycles. The molecule has 1 aromatic rings. The molecule has 0 aliphatic heterocycles. The van der Waals surface area contributed by atoms with E-state index >= 15 is 0 Å². The van der Waals surface area contributed by atoms with Crippen LogP contribution in [0.4, 0.5) is 0 Å². The fraction of sp³-hybridized carbons (Fsp3) is 0.588. The van der Waals surface area contributed by atoms with Crippen molar-refractivity contribution in [3.63, 3.8) is 0 Å². The second-order valence-electron chi connectivity index (χ2n) is 5.82. The summed E-state index contributed by atoms with van der Waals surface area (Å²) in [6.45, 7) is 13.9. The Morgan fingerprint density at radius 3 is 2.14 bits per heavy atom. The summed E-state index contributed by atoms with van der Waals surface area (Å²) >= 11 is 0. The normalized spacial score (nSPS) is 14.2. The fourth-order valence-corrected chi connectivity index (χ4v) is 2.60. The Kier molecular flexibility index (Phi) is 6.37. The average Bonchev–Trinajstić information content (AvgIpc) is 2.42. The van der Waals surface area contributed by atoms with Crippen molar-refractivity contribution in [1.82, 2.24) is 10.2 Å². The number of nitrogens with zero attached hydrogens (tertiary/aromatic N) is 1. The lowest BCUT2D eigenvalue weighted by atomic mass is 9.89. The molecule has 0 spiro atoms. The molecule has 3 N–H and O–H groups in total. The number of primary amides is 1. The van der Waals surface area contributed by atoms with Crippen molar-refractivity contribution in [2.45, 2.75) is 40.2 Å². The molecule has 0 saturated carbocycles. The zero-order valence-electron chi connectivity index (χ0n) is 14.0. The highest BCUT2D eigenvalue weighted by Gasteiger charge is 2.32. The Hall–Kier alpha value is -1.39. The number of nitrogens with two attached hydrogens (primary N) is 1. The average molecular weight is 291 g/mol. The van der Waals surface area contributed by atoms with E-state index in [1.807, 2.05) is 32.9 Å². The number of amides is 1. The zero-order chi connectivity index (χ0) is 16.0. The van der Waals surface area contributed by atoms with E-state index in [0.29, 0.717) is 0 Å². The van der Waals surface area contributed by atoms with Gasteiger partial charge in [-0.1, -0.05) is 43.2 Å². The molecule has 1 amide bonds. The highest BCUT2D eigenvalue weighted by Crippen LogP contribution is 2.23. The predicted molar refractivity (Wildman–Crippen MR) is 88.3 cm³/mol. The molecule has 0 aliphatic rings. The first kappa shape index (κ1) is 17.7. The minimum absolute atomic E-state index is 0.341. The van der Waals surface area contributed by atoms with Crippen LogP contribution in [0.1, 0.15) is 37.5 Å². The zero-order valence-corrected chi connectivity index (χ0v) is 14.0. The largest absolute Gasteiger partial charge is 0.368 e. The molecule has 1 aromatic carbocycles. The molecular formula is C17H29N3O. The molecule has 0 heterocycles. The molecule has 4 heteroatoms. The van der Waals surface area contributed by atoms with Crippen LogP contribution >= 0.6 is 0 Å². The molecule has 0 bridgehead atoms. The van der Waals surface area contributed by atoms with Crippen LogP contribution in [-0.2, 0) is 10.3 Å². The molecule has 1 rings (SSSR count). The van der Waals surface area contributed by atoms with Gasteiger partial charge in [-0.2, -0.15) is 0 Å². The third kappa shape index (κ3) is 4.55. The summed E-state index contributed by atoms with van der Waals surface area (Å²) in [5, 5.41) is 3.35. The lowest BCUT2D eigenvalue weighted by molar-refractivity contribution is -0.124. The Morgan fingerprint density at radius 1 is 1.19 bits per heavy atom. The van der Waals surface area contributed by atoms with Gasteiger partial charge in [0.2, 0.25) is 5.91 Å². The van der Waals surface area contributed by atoms with Crippen molar-refractivity contribution < 1.29 is 4.79 Å². The van der Waals surface area contributed by atoms with Crippen molar-refractivity contribution in [3.05, 3.63) is 34.9 Å². The lowest BCUT2D eigenvalue weighted by Crippen LogP contribution is -2.52. The highest BCUT2D eigenvalue weighted by atomic mass is 16.1. The van der Waals surface area contributed by atoms with E-state index in [2.05, 4.69) is 30.1 Å². The summed E-state index contributed by atoms with van der Waals surface area (Å²) in [5.41, 5.74) is 8.06. The van der Waals surface area contributed by atoms with Crippen LogP contribution < -0.4 is 11.1 Å². The maximum atomic E-state index is 12.0. The Balaban J connectivity index is 2.90. The highest BCUT2D eigenvalue weighted by molar-refractivity contribution is 5.85. The monoisotopic (exact) mass is 291 g/mol. The van der Waals surface area contributed by atoms with Gasteiger partial charge < -0.3 is 10.6 Å². The molecular weight excluding hydrogens is 262 g/mol. The van der Waals surface area contributed by atoms with Gasteiger partial charge in [-0.15, -0.1) is 0 Å². The molecule has 118 valence electrons. The third-order valence-electron chi connectivity index (χ3n) is 4.09. The number of aryl methyl sites for hydroxylation is 2. The topological polar surface area (TPSA) is 58.4 Å². The second-order valence-corrected chi connectivity index (χ2v) is 5.82. The summed E-state index contributed by atoms with van der Waals surface area (Å²) in [6.07, 6.45) is 0. The van der Waals surface area contributed by atoms with E-state index < -0.39 is 5.54 Å². The quantitative estimate of drug-likeness (QED) is 0.769. The van der Waals surface area contributed by atoms with Crippen molar-refractivity contribution in [1.29, 1.82) is 0 Å². The van der Waals surface area contributed by atoms with E-state index in [9.17, 15) is 4.79 Å². The van der Waals surface area contributed by atoms with Gasteiger partial charge in [-0.05, 0) is 39.4 Å². The molecule has 0 saturated heterocycles. The number of carbonyl (C=O) groups excluding carboxylic acids is 1. The van der Waals surface area contributed by atoms with Gasteiger partial charge >= 0.3 is 0 Å². The fourth-order valence-electron chi connectivity index (χ4n) is 2.60. The standard InChI is InChI=1S/C17H29N3O/c1-6-20(7-2)9-8-19-17(5,16(18)21)15-11-13(3)10-14(4)12-15/h10-12,19H,6-9H2,1-5H3,(H2,18,21). The van der Waals surface area contributed by atoms with Gasteiger partial charge in [-0.25, -0.2) is 0 Å². The number of benzene rings is 1. The van der Waals surface area contributed by atoms with Gasteiger partial charge in [-0.3, -0.25) is 10.1 Å². The first-order chi connectivity index (χ1) is 9.83. The predicted octanol–water partition coefficient (Wildman–Crippen LogP) is 1.94. The summed E-state index contributed by atoms with van der Waals surface area (Å²) in [5.74, 6) is -0.341. The second kappa shape index (κ2) is 7.57. The minimum atomic E-state index is -0.829. The first-order valence-corrected chi connectivity index (χ1v) is 7.69. The molecule has 1 unspecified atom stereocenters. The van der Waals surface area contributed by atoms with Gasteiger partial charge in [0.1, 0.15) is 5.54 Å². The van der Waals surface area contributed by atoms with Crippen molar-refractivity contribution >= 4 is 5.91 Å². The smallest absolute Gasteiger partial charge is 0.242 e. The van der Waals surface area contributed by atoms with Crippen LogP contribution in [0, 0.1) is 13.8 Å². The number of likely N-dealkylation sites (N-methyl/N-ethyl adjacent to an activating group) is 1. The van der Waals surface area contributed by atoms with Gasteiger partial charge in [0.05, 0.1) is 0 Å². The molecule has 4 nitrogen and oxygen atoms in total. The maximum Gasteiger partial charge on any atom is 0.242 e. The van der Waals surface area contributed by atoms with Crippen LogP contribution in [0.3, 0.4) is 0 Å². The maximum absolute atomic E-state index is 12.0. The molecule has 0 radical (unpaired) electrons. The number of hydrogen-bond acceptors (Lipinski definition) is 3. The van der Waals surface area contributed by atoms with Crippen LogP contribution in [-0.4, -0.2) is 37.0 Å². The Bertz CT molecular complexity index is 463. The van der Waals surface area contributed by atoms with E-state index in [1.54, 1.807) is 0 Å². The number of rotatable bonds is 8. The summed E-state index contributed by atoms with van der Waals surface area (Å²) in [7, 11) is 0. The van der Waals surface area contributed by atoms with Crippen molar-refractivity contribution in [3.8, 4) is 0 Å². The molecule has 21 heavy (non-hydrogen) atoms. The van der Waals surface area contributed by atoms with E-state index in [0.717, 1.165) is 42.9 Å². The van der Waals surface area contributed by atoms with Gasteiger partial charge in [0.25, 0.3) is 0 Å². The van der Waals surface area contributed by atoms with E-state index in [4.69, 9.17) is 5.73 Å². The third-order valence-corrected chi connectivity index (χ3v) is 4.09. The number of nitrogens with one attached hydrogen (secondary N) is 1. The van der Waals surface area contributed by atoms with Crippen LogP contribution in [0.5, 0.6) is 0 Å². The van der Waals surface area contributed by atoms with Crippen molar-refractivity contribution in [2.24, 2.45) is 5.73 Å². The Morgan fingerprint density at radius 2 is 1.71 bits per heavy atom. The summed E-state index contributed by atoms with van der Waals surface area (Å²) < 4.78 is 0. The van der Waals surface area contributed by atoms with Crippen LogP contribution in [0.2, 0.25) is 0 Å². The Labute approximate surface area is 128 Å². The minimum Gasteiger partial charge on any atom is -0.368 e.